The highest BCUT2D eigenvalue weighted by atomic mass is 16.2. The number of carbonyl (C=O) groups excluding carboxylic acids is 2. The Balaban J connectivity index is 1.42. The number of hydrogen-bond donors (Lipinski definition) is 0. The number of ketones is 1. The van der Waals surface area contributed by atoms with Crippen molar-refractivity contribution in [2.24, 2.45) is 4.99 Å². The number of benzene rings is 1. The summed E-state index contributed by atoms with van der Waals surface area (Å²) in [6.45, 7) is 2.83. The molecule has 1 aromatic rings. The number of Topliss-reactive ketones (excluding diaryl/α,β-unsaturated/α-hetero) is 1. The zero-order chi connectivity index (χ0) is 17.2. The predicted molar refractivity (Wildman–Crippen MR) is 96.5 cm³/mol. The first-order valence-corrected chi connectivity index (χ1v) is 9.14. The first kappa shape index (κ1) is 16.1. The Kier molecular flexibility index (Phi) is 4.38. The van der Waals surface area contributed by atoms with Gasteiger partial charge in [0.25, 0.3) is 5.91 Å². The van der Waals surface area contributed by atoms with E-state index in [2.05, 4.69) is 4.90 Å². The van der Waals surface area contributed by atoms with Crippen molar-refractivity contribution in [1.29, 1.82) is 0 Å². The van der Waals surface area contributed by atoms with Gasteiger partial charge in [0, 0.05) is 43.0 Å². The summed E-state index contributed by atoms with van der Waals surface area (Å²) >= 11 is 0. The van der Waals surface area contributed by atoms with Crippen molar-refractivity contribution in [3.05, 3.63) is 47.2 Å². The van der Waals surface area contributed by atoms with E-state index >= 15 is 0 Å². The second-order valence-electron chi connectivity index (χ2n) is 6.91. The molecule has 0 spiro atoms. The SMILES string of the molecule is O=C1CC(N2CCN(C(=O)c3ccccc3)CC2)=NC2=C1CCCC2. The standard InChI is InChI=1S/C20H23N3O2/c24-18-14-19(21-17-9-5-4-8-16(17)18)22-10-12-23(13-11-22)20(25)15-6-2-1-3-7-15/h1-3,6-7H,4-5,8-14H2. The van der Waals surface area contributed by atoms with Crippen LogP contribution in [0.15, 0.2) is 46.6 Å². The lowest BCUT2D eigenvalue weighted by molar-refractivity contribution is -0.115. The molecule has 4 rings (SSSR count). The third kappa shape index (κ3) is 3.23. The quantitative estimate of drug-likeness (QED) is 0.792. The van der Waals surface area contributed by atoms with E-state index in [1.54, 1.807) is 0 Å². The number of amides is 1. The first-order chi connectivity index (χ1) is 12.2. The van der Waals surface area contributed by atoms with Gasteiger partial charge in [-0.3, -0.25) is 9.59 Å². The van der Waals surface area contributed by atoms with Crippen molar-refractivity contribution >= 4 is 17.5 Å². The summed E-state index contributed by atoms with van der Waals surface area (Å²) in [7, 11) is 0. The van der Waals surface area contributed by atoms with Crippen LogP contribution in [0, 0.1) is 0 Å². The van der Waals surface area contributed by atoms with Crippen LogP contribution in [0.1, 0.15) is 42.5 Å². The minimum atomic E-state index is 0.0826. The van der Waals surface area contributed by atoms with Crippen LogP contribution in [0.2, 0.25) is 0 Å². The summed E-state index contributed by atoms with van der Waals surface area (Å²) in [6.07, 6.45) is 4.48. The van der Waals surface area contributed by atoms with Gasteiger partial charge in [-0.25, -0.2) is 4.99 Å². The van der Waals surface area contributed by atoms with Crippen molar-refractivity contribution in [3.63, 3.8) is 0 Å². The van der Waals surface area contributed by atoms with Gasteiger partial charge in [0.2, 0.25) is 0 Å². The smallest absolute Gasteiger partial charge is 0.253 e. The van der Waals surface area contributed by atoms with Crippen molar-refractivity contribution < 1.29 is 9.59 Å². The Morgan fingerprint density at radius 3 is 2.44 bits per heavy atom. The molecule has 130 valence electrons. The van der Waals surface area contributed by atoms with E-state index in [1.807, 2.05) is 35.2 Å². The highest BCUT2D eigenvalue weighted by molar-refractivity contribution is 6.11. The molecular formula is C20H23N3O2. The van der Waals surface area contributed by atoms with E-state index in [-0.39, 0.29) is 11.7 Å². The maximum absolute atomic E-state index is 12.5. The second kappa shape index (κ2) is 6.82. The molecule has 1 aromatic carbocycles. The number of allylic oxidation sites excluding steroid dienone is 2. The molecule has 5 heteroatoms. The second-order valence-corrected chi connectivity index (χ2v) is 6.91. The van der Waals surface area contributed by atoms with Crippen LogP contribution in [0.4, 0.5) is 0 Å². The number of aliphatic imine (C=N–C) groups is 1. The minimum absolute atomic E-state index is 0.0826. The Bertz CT molecular complexity index is 743. The lowest BCUT2D eigenvalue weighted by Gasteiger charge is -2.37. The molecule has 0 saturated carbocycles. The number of rotatable bonds is 1. The fourth-order valence-corrected chi connectivity index (χ4v) is 3.87. The van der Waals surface area contributed by atoms with Crippen LogP contribution < -0.4 is 0 Å². The van der Waals surface area contributed by atoms with Gasteiger partial charge < -0.3 is 9.80 Å². The molecule has 1 fully saturated rings. The summed E-state index contributed by atoms with van der Waals surface area (Å²) in [4.78, 5) is 33.8. The topological polar surface area (TPSA) is 53.0 Å². The molecule has 0 N–H and O–H groups in total. The van der Waals surface area contributed by atoms with Crippen molar-refractivity contribution in [3.8, 4) is 0 Å². The van der Waals surface area contributed by atoms with E-state index < -0.39 is 0 Å². The molecule has 1 aliphatic carbocycles. The lowest BCUT2D eigenvalue weighted by atomic mass is 9.90. The van der Waals surface area contributed by atoms with E-state index in [0.717, 1.165) is 61.4 Å². The monoisotopic (exact) mass is 337 g/mol. The zero-order valence-corrected chi connectivity index (χ0v) is 14.4. The van der Waals surface area contributed by atoms with E-state index in [9.17, 15) is 9.59 Å². The van der Waals surface area contributed by atoms with Gasteiger partial charge in [0.15, 0.2) is 5.78 Å². The number of amidine groups is 1. The molecule has 5 nitrogen and oxygen atoms in total. The van der Waals surface area contributed by atoms with Crippen LogP contribution in [-0.2, 0) is 4.79 Å². The molecule has 0 atom stereocenters. The van der Waals surface area contributed by atoms with Crippen LogP contribution in [0.5, 0.6) is 0 Å². The summed E-state index contributed by atoms with van der Waals surface area (Å²) in [5, 5.41) is 0. The van der Waals surface area contributed by atoms with Crippen molar-refractivity contribution in [1.82, 2.24) is 9.80 Å². The van der Waals surface area contributed by atoms with E-state index in [1.165, 1.54) is 0 Å². The third-order valence-corrected chi connectivity index (χ3v) is 5.31. The number of piperazine rings is 1. The van der Waals surface area contributed by atoms with Gasteiger partial charge in [-0.15, -0.1) is 0 Å². The molecule has 2 heterocycles. The molecule has 0 bridgehead atoms. The summed E-state index contributed by atoms with van der Waals surface area (Å²) in [5.41, 5.74) is 2.71. The van der Waals surface area contributed by atoms with Gasteiger partial charge in [0.1, 0.15) is 5.84 Å². The van der Waals surface area contributed by atoms with Crippen LogP contribution in [-0.4, -0.2) is 53.5 Å². The highest BCUT2D eigenvalue weighted by Gasteiger charge is 2.30. The molecular weight excluding hydrogens is 314 g/mol. The average molecular weight is 337 g/mol. The maximum Gasteiger partial charge on any atom is 0.253 e. The Morgan fingerprint density at radius 1 is 0.960 bits per heavy atom. The van der Waals surface area contributed by atoms with Gasteiger partial charge in [-0.05, 0) is 37.8 Å². The van der Waals surface area contributed by atoms with Crippen LogP contribution in [0.3, 0.4) is 0 Å². The van der Waals surface area contributed by atoms with Gasteiger partial charge in [-0.2, -0.15) is 0 Å². The Hall–Kier alpha value is -2.43. The zero-order valence-electron chi connectivity index (χ0n) is 14.4. The molecule has 1 saturated heterocycles. The van der Waals surface area contributed by atoms with Crippen molar-refractivity contribution in [2.45, 2.75) is 32.1 Å². The van der Waals surface area contributed by atoms with Gasteiger partial charge in [-0.1, -0.05) is 18.2 Å². The van der Waals surface area contributed by atoms with Crippen LogP contribution >= 0.6 is 0 Å². The number of hydrogen-bond acceptors (Lipinski definition) is 4. The average Bonchev–Trinajstić information content (AvgIpc) is 2.68. The van der Waals surface area contributed by atoms with Crippen molar-refractivity contribution in [2.75, 3.05) is 26.2 Å². The predicted octanol–water partition coefficient (Wildman–Crippen LogP) is 2.64. The Labute approximate surface area is 148 Å². The van der Waals surface area contributed by atoms with Gasteiger partial charge in [0.05, 0.1) is 6.42 Å². The first-order valence-electron chi connectivity index (χ1n) is 9.14. The lowest BCUT2D eigenvalue weighted by Crippen LogP contribution is -2.51. The summed E-state index contributed by atoms with van der Waals surface area (Å²) in [5.74, 6) is 1.24. The Morgan fingerprint density at radius 2 is 1.68 bits per heavy atom. The van der Waals surface area contributed by atoms with Crippen LogP contribution in [0.25, 0.3) is 0 Å². The number of carbonyl (C=O) groups is 2. The highest BCUT2D eigenvalue weighted by Crippen LogP contribution is 2.31. The molecule has 0 aromatic heterocycles. The minimum Gasteiger partial charge on any atom is -0.356 e. The van der Waals surface area contributed by atoms with E-state index in [0.29, 0.717) is 19.5 Å². The molecule has 2 aliphatic heterocycles. The molecule has 0 radical (unpaired) electrons. The van der Waals surface area contributed by atoms with Gasteiger partial charge >= 0.3 is 0 Å². The maximum atomic E-state index is 12.5. The number of nitrogens with zero attached hydrogens (tertiary/aromatic N) is 3. The normalized spacial score (nSPS) is 21.1. The third-order valence-electron chi connectivity index (χ3n) is 5.31. The fourth-order valence-electron chi connectivity index (χ4n) is 3.87. The largest absolute Gasteiger partial charge is 0.356 e. The van der Waals surface area contributed by atoms with E-state index in [4.69, 9.17) is 4.99 Å². The molecule has 25 heavy (non-hydrogen) atoms. The molecule has 1 amide bonds. The fraction of sp³-hybridized carbons (Fsp3) is 0.450. The molecule has 0 unspecified atom stereocenters. The summed E-state index contributed by atoms with van der Waals surface area (Å²) in [6, 6.07) is 9.41. The molecule has 3 aliphatic rings. The summed E-state index contributed by atoms with van der Waals surface area (Å²) < 4.78 is 0.